The maximum atomic E-state index is 13.2. The Morgan fingerprint density at radius 2 is 1.93 bits per heavy atom. The molecule has 29 heavy (non-hydrogen) atoms. The van der Waals surface area contributed by atoms with Crippen LogP contribution in [0, 0.1) is 15.9 Å². The number of rotatable bonds is 7. The van der Waals surface area contributed by atoms with Crippen molar-refractivity contribution in [3.63, 3.8) is 0 Å². The molecule has 0 saturated carbocycles. The summed E-state index contributed by atoms with van der Waals surface area (Å²) in [6.45, 7) is 0. The molecule has 0 unspecified atom stereocenters. The van der Waals surface area contributed by atoms with Crippen LogP contribution in [0.1, 0.15) is 10.4 Å². The molecule has 0 bridgehead atoms. The molecule has 0 aliphatic carbocycles. The van der Waals surface area contributed by atoms with Gasteiger partial charge >= 0.3 is 0 Å². The van der Waals surface area contributed by atoms with E-state index >= 15 is 0 Å². The molecule has 0 fully saturated rings. The van der Waals surface area contributed by atoms with E-state index in [0.29, 0.717) is 10.0 Å². The Hall–Kier alpha value is -3.38. The van der Waals surface area contributed by atoms with E-state index in [1.54, 1.807) is 6.07 Å². The number of hydrogen-bond acceptors (Lipinski definition) is 8. The third kappa shape index (κ3) is 5.80. The molecule has 3 aromatic rings. The van der Waals surface area contributed by atoms with Gasteiger partial charge < -0.3 is 5.32 Å². The lowest BCUT2D eigenvalue weighted by atomic mass is 10.2. The Morgan fingerprint density at radius 1 is 1.14 bits per heavy atom. The molecule has 3 rings (SSSR count). The van der Waals surface area contributed by atoms with E-state index in [2.05, 4.69) is 20.8 Å². The van der Waals surface area contributed by atoms with Crippen molar-refractivity contribution in [1.29, 1.82) is 0 Å². The molecule has 0 radical (unpaired) electrons. The van der Waals surface area contributed by atoms with Crippen LogP contribution in [0.15, 0.2) is 52.9 Å². The summed E-state index contributed by atoms with van der Waals surface area (Å²) in [5.41, 5.74) is 0.328. The van der Waals surface area contributed by atoms with Crippen molar-refractivity contribution in [2.24, 2.45) is 0 Å². The van der Waals surface area contributed by atoms with E-state index in [-0.39, 0.29) is 28.0 Å². The van der Waals surface area contributed by atoms with Crippen molar-refractivity contribution in [2.45, 2.75) is 4.34 Å². The fourth-order valence-electron chi connectivity index (χ4n) is 2.14. The summed E-state index contributed by atoms with van der Waals surface area (Å²) < 4.78 is 13.6. The van der Waals surface area contributed by atoms with Crippen molar-refractivity contribution >= 4 is 51.4 Å². The van der Waals surface area contributed by atoms with E-state index in [4.69, 9.17) is 0 Å². The highest BCUT2D eigenvalue weighted by atomic mass is 32.2. The summed E-state index contributed by atoms with van der Waals surface area (Å²) in [5.74, 6) is -1.44. The van der Waals surface area contributed by atoms with Gasteiger partial charge in [0.15, 0.2) is 4.34 Å². The molecule has 1 aromatic heterocycles. The molecule has 2 aromatic carbocycles. The lowest BCUT2D eigenvalue weighted by Gasteiger charge is -2.03. The fraction of sp³-hybridized carbons (Fsp3) is 0.0588. The first-order valence-corrected chi connectivity index (χ1v) is 9.78. The number of hydrogen-bond donors (Lipinski definition) is 2. The monoisotopic (exact) mass is 433 g/mol. The number of nitrogens with zero attached hydrogens (tertiary/aromatic N) is 3. The van der Waals surface area contributed by atoms with Crippen LogP contribution in [0.4, 0.5) is 20.9 Å². The molecule has 12 heteroatoms. The summed E-state index contributed by atoms with van der Waals surface area (Å²) in [5, 5.41) is 23.7. The second kappa shape index (κ2) is 9.21. The molecule has 2 N–H and O–H groups in total. The Morgan fingerprint density at radius 3 is 2.69 bits per heavy atom. The Labute approximate surface area is 171 Å². The number of nitrogens with one attached hydrogen (secondary N) is 2. The minimum Gasteiger partial charge on any atom is -0.325 e. The van der Waals surface area contributed by atoms with Crippen LogP contribution < -0.4 is 10.6 Å². The van der Waals surface area contributed by atoms with Gasteiger partial charge in [0.25, 0.3) is 11.6 Å². The smallest absolute Gasteiger partial charge is 0.271 e. The molecular weight excluding hydrogens is 421 g/mol. The van der Waals surface area contributed by atoms with Gasteiger partial charge in [0.2, 0.25) is 11.0 Å². The number of benzene rings is 2. The van der Waals surface area contributed by atoms with Crippen LogP contribution in [-0.2, 0) is 4.79 Å². The third-order valence-electron chi connectivity index (χ3n) is 3.38. The van der Waals surface area contributed by atoms with Crippen LogP contribution in [0.3, 0.4) is 0 Å². The number of non-ortho nitro benzene ring substituents is 1. The molecule has 2 amide bonds. The number of halogens is 1. The van der Waals surface area contributed by atoms with Gasteiger partial charge in [-0.3, -0.25) is 25.0 Å². The predicted octanol–water partition coefficient (Wildman–Crippen LogP) is 3.57. The summed E-state index contributed by atoms with van der Waals surface area (Å²) in [7, 11) is 0. The van der Waals surface area contributed by atoms with Crippen molar-refractivity contribution in [1.82, 2.24) is 10.2 Å². The van der Waals surface area contributed by atoms with Gasteiger partial charge in [-0.2, -0.15) is 0 Å². The third-order valence-corrected chi connectivity index (χ3v) is 5.35. The average Bonchev–Trinajstić information content (AvgIpc) is 3.14. The van der Waals surface area contributed by atoms with E-state index in [9.17, 15) is 24.1 Å². The summed E-state index contributed by atoms with van der Waals surface area (Å²) in [6, 6.07) is 10.8. The van der Waals surface area contributed by atoms with Crippen molar-refractivity contribution < 1.29 is 18.9 Å². The SMILES string of the molecule is O=C(CSc1nnc(NC(=O)c2cccc(F)c2)s1)Nc1cccc([N+](=O)[O-])c1. The normalized spacial score (nSPS) is 10.4. The van der Waals surface area contributed by atoms with E-state index < -0.39 is 16.6 Å². The summed E-state index contributed by atoms with van der Waals surface area (Å²) >= 11 is 2.15. The van der Waals surface area contributed by atoms with Crippen molar-refractivity contribution in [2.75, 3.05) is 16.4 Å². The number of carbonyl (C=O) groups excluding carboxylic acids is 2. The molecule has 0 aliphatic rings. The summed E-state index contributed by atoms with van der Waals surface area (Å²) in [6.07, 6.45) is 0. The molecule has 0 spiro atoms. The van der Waals surface area contributed by atoms with Gasteiger partial charge in [-0.1, -0.05) is 35.2 Å². The predicted molar refractivity (Wildman–Crippen MR) is 107 cm³/mol. The van der Waals surface area contributed by atoms with E-state index in [1.807, 2.05) is 0 Å². The number of amides is 2. The Bertz CT molecular complexity index is 1080. The minimum atomic E-state index is -0.550. The standard InChI is InChI=1S/C17H12FN5O4S2/c18-11-4-1-3-10(7-11)15(25)20-16-21-22-17(29-16)28-9-14(24)19-12-5-2-6-13(8-12)23(26)27/h1-8H,9H2,(H,19,24)(H,20,21,25). The maximum Gasteiger partial charge on any atom is 0.271 e. The lowest BCUT2D eigenvalue weighted by Crippen LogP contribution is -2.14. The first-order valence-electron chi connectivity index (χ1n) is 7.98. The Kier molecular flexibility index (Phi) is 6.46. The number of nitro benzene ring substituents is 1. The average molecular weight is 433 g/mol. The highest BCUT2D eigenvalue weighted by molar-refractivity contribution is 8.01. The zero-order chi connectivity index (χ0) is 20.8. The highest BCUT2D eigenvalue weighted by Crippen LogP contribution is 2.26. The number of carbonyl (C=O) groups is 2. The Balaban J connectivity index is 1.52. The van der Waals surface area contributed by atoms with Gasteiger partial charge in [-0.05, 0) is 24.3 Å². The minimum absolute atomic E-state index is 0.00479. The van der Waals surface area contributed by atoms with Crippen molar-refractivity contribution in [3.05, 3.63) is 70.0 Å². The zero-order valence-corrected chi connectivity index (χ0v) is 16.1. The number of nitro groups is 1. The van der Waals surface area contributed by atoms with Gasteiger partial charge in [0, 0.05) is 23.4 Å². The second-order valence-corrected chi connectivity index (χ2v) is 7.68. The second-order valence-electron chi connectivity index (χ2n) is 5.48. The zero-order valence-electron chi connectivity index (χ0n) is 14.5. The van der Waals surface area contributed by atoms with Crippen LogP contribution >= 0.6 is 23.1 Å². The summed E-state index contributed by atoms with van der Waals surface area (Å²) in [4.78, 5) is 34.3. The quantitative estimate of drug-likeness (QED) is 0.252. The number of thioether (sulfide) groups is 1. The van der Waals surface area contributed by atoms with Crippen LogP contribution in [0.25, 0.3) is 0 Å². The van der Waals surface area contributed by atoms with E-state index in [1.165, 1.54) is 36.4 Å². The largest absolute Gasteiger partial charge is 0.325 e. The molecule has 1 heterocycles. The molecular formula is C17H12FN5O4S2. The first-order chi connectivity index (χ1) is 13.9. The van der Waals surface area contributed by atoms with Gasteiger partial charge in [0.1, 0.15) is 5.82 Å². The first kappa shape index (κ1) is 20.4. The van der Waals surface area contributed by atoms with Crippen LogP contribution in [-0.4, -0.2) is 32.7 Å². The molecule has 9 nitrogen and oxygen atoms in total. The van der Waals surface area contributed by atoms with E-state index in [0.717, 1.165) is 29.2 Å². The van der Waals surface area contributed by atoms with Crippen molar-refractivity contribution in [3.8, 4) is 0 Å². The molecule has 0 atom stereocenters. The molecule has 0 aliphatic heterocycles. The maximum absolute atomic E-state index is 13.2. The van der Waals surface area contributed by atoms with Gasteiger partial charge in [0.05, 0.1) is 10.7 Å². The topological polar surface area (TPSA) is 127 Å². The van der Waals surface area contributed by atoms with Crippen LogP contribution in [0.2, 0.25) is 0 Å². The molecule has 148 valence electrons. The highest BCUT2D eigenvalue weighted by Gasteiger charge is 2.13. The number of anilines is 2. The van der Waals surface area contributed by atoms with Gasteiger partial charge in [-0.15, -0.1) is 10.2 Å². The van der Waals surface area contributed by atoms with Crippen LogP contribution in [0.5, 0.6) is 0 Å². The fourth-order valence-corrected chi connectivity index (χ4v) is 3.69. The molecule has 0 saturated heterocycles. The van der Waals surface area contributed by atoms with Gasteiger partial charge in [-0.25, -0.2) is 4.39 Å². The number of aromatic nitrogens is 2. The lowest BCUT2D eigenvalue weighted by molar-refractivity contribution is -0.384.